The molecule has 1 saturated carbocycles. The predicted octanol–water partition coefficient (Wildman–Crippen LogP) is 6.96. The molecule has 1 aliphatic carbocycles. The van der Waals surface area contributed by atoms with Gasteiger partial charge in [0.1, 0.15) is 0 Å². The van der Waals surface area contributed by atoms with E-state index < -0.39 is 8.56 Å². The Morgan fingerprint density at radius 3 is 1.87 bits per heavy atom. The molecular weight excluding hydrogens is 368 g/mol. The third kappa shape index (κ3) is 8.51. The highest BCUT2D eigenvalue weighted by atomic mass is 79.9. The fourth-order valence-corrected chi connectivity index (χ4v) is 8.66. The molecule has 0 aliphatic heterocycles. The van der Waals surface area contributed by atoms with Crippen LogP contribution in [-0.4, -0.2) is 27.1 Å². The summed E-state index contributed by atoms with van der Waals surface area (Å²) in [6, 6.07) is 1.22. The van der Waals surface area contributed by atoms with Crippen molar-refractivity contribution < 1.29 is 8.85 Å². The molecule has 0 N–H and O–H groups in total. The summed E-state index contributed by atoms with van der Waals surface area (Å²) in [5, 5.41) is 1.14. The van der Waals surface area contributed by atoms with Crippen LogP contribution in [0.1, 0.15) is 90.9 Å². The molecule has 0 saturated heterocycles. The van der Waals surface area contributed by atoms with Gasteiger partial charge in [-0.05, 0) is 39.2 Å². The van der Waals surface area contributed by atoms with Crippen molar-refractivity contribution in [3.05, 3.63) is 0 Å². The van der Waals surface area contributed by atoms with E-state index in [9.17, 15) is 0 Å². The van der Waals surface area contributed by atoms with E-state index >= 15 is 0 Å². The Balaban J connectivity index is 2.58. The van der Waals surface area contributed by atoms with E-state index in [1.807, 2.05) is 0 Å². The van der Waals surface area contributed by atoms with Crippen LogP contribution in [0.25, 0.3) is 0 Å². The lowest BCUT2D eigenvalue weighted by Crippen LogP contribution is -2.47. The maximum absolute atomic E-state index is 6.44. The van der Waals surface area contributed by atoms with Crippen LogP contribution in [0.5, 0.6) is 0 Å². The summed E-state index contributed by atoms with van der Waals surface area (Å²) in [6.07, 6.45) is 16.4. The lowest BCUT2D eigenvalue weighted by atomic mass is 10.0. The van der Waals surface area contributed by atoms with Gasteiger partial charge >= 0.3 is 8.56 Å². The highest BCUT2D eigenvalue weighted by Crippen LogP contribution is 2.40. The first kappa shape index (κ1) is 21.7. The van der Waals surface area contributed by atoms with Crippen molar-refractivity contribution in [3.8, 4) is 0 Å². The quantitative estimate of drug-likeness (QED) is 0.198. The largest absolute Gasteiger partial charge is 0.394 e. The van der Waals surface area contributed by atoms with Crippen molar-refractivity contribution in [2.24, 2.45) is 0 Å². The van der Waals surface area contributed by atoms with Gasteiger partial charge in [-0.1, -0.05) is 73.7 Å². The zero-order valence-corrected chi connectivity index (χ0v) is 18.2. The van der Waals surface area contributed by atoms with E-state index in [1.165, 1.54) is 83.1 Å². The smallest absolute Gasteiger partial charge is 0.341 e. The van der Waals surface area contributed by atoms with Gasteiger partial charge in [0.15, 0.2) is 0 Å². The van der Waals surface area contributed by atoms with Crippen molar-refractivity contribution in [3.63, 3.8) is 0 Å². The number of hydrogen-bond donors (Lipinski definition) is 0. The maximum Gasteiger partial charge on any atom is 0.341 e. The van der Waals surface area contributed by atoms with Gasteiger partial charge in [-0.3, -0.25) is 0 Å². The van der Waals surface area contributed by atoms with E-state index in [1.54, 1.807) is 0 Å². The standard InChI is InChI=1S/C19H39BrO2Si/c1-3-21-23(22-4-2,18-14-10-6-9-13-17-20)19-15-11-7-5-8-12-16-19/h19H,3-18H2,1-2H3. The first-order valence-corrected chi connectivity index (χ1v) is 13.3. The zero-order chi connectivity index (χ0) is 16.8. The Morgan fingerprint density at radius 2 is 1.30 bits per heavy atom. The minimum atomic E-state index is -2.03. The van der Waals surface area contributed by atoms with Gasteiger partial charge in [0.05, 0.1) is 0 Å². The summed E-state index contributed by atoms with van der Waals surface area (Å²) < 4.78 is 12.9. The van der Waals surface area contributed by atoms with Crippen LogP contribution in [0.15, 0.2) is 0 Å². The Kier molecular flexibility index (Phi) is 13.0. The molecule has 0 aromatic heterocycles. The molecule has 1 aliphatic rings. The lowest BCUT2D eigenvalue weighted by molar-refractivity contribution is 0.165. The first-order valence-electron chi connectivity index (χ1n) is 10.1. The average molecular weight is 408 g/mol. The number of halogens is 1. The minimum Gasteiger partial charge on any atom is -0.394 e. The van der Waals surface area contributed by atoms with Gasteiger partial charge in [0.25, 0.3) is 0 Å². The van der Waals surface area contributed by atoms with E-state index in [0.717, 1.165) is 24.1 Å². The lowest BCUT2D eigenvalue weighted by Gasteiger charge is -2.38. The number of hydrogen-bond acceptors (Lipinski definition) is 2. The van der Waals surface area contributed by atoms with Gasteiger partial charge in [-0.25, -0.2) is 0 Å². The molecule has 0 atom stereocenters. The summed E-state index contributed by atoms with van der Waals surface area (Å²) in [5.74, 6) is 0. The molecule has 2 nitrogen and oxygen atoms in total. The molecule has 0 radical (unpaired) electrons. The molecule has 0 amide bonds. The fraction of sp³-hybridized carbons (Fsp3) is 1.00. The summed E-state index contributed by atoms with van der Waals surface area (Å²) in [4.78, 5) is 0. The van der Waals surface area contributed by atoms with E-state index in [0.29, 0.717) is 0 Å². The van der Waals surface area contributed by atoms with Crippen LogP contribution in [0.4, 0.5) is 0 Å². The van der Waals surface area contributed by atoms with E-state index in [-0.39, 0.29) is 0 Å². The van der Waals surface area contributed by atoms with E-state index in [2.05, 4.69) is 29.8 Å². The molecule has 23 heavy (non-hydrogen) atoms. The molecule has 0 aromatic rings. The van der Waals surface area contributed by atoms with Crippen LogP contribution >= 0.6 is 15.9 Å². The SMILES string of the molecule is CCO[Si](CCCCCCCBr)(OCC)C1CCCCCCC1. The molecule has 0 aromatic carbocycles. The highest BCUT2D eigenvalue weighted by molar-refractivity contribution is 9.09. The molecule has 1 fully saturated rings. The van der Waals surface area contributed by atoms with Crippen LogP contribution in [0.3, 0.4) is 0 Å². The highest BCUT2D eigenvalue weighted by Gasteiger charge is 2.44. The molecule has 0 unspecified atom stereocenters. The first-order chi connectivity index (χ1) is 11.3. The zero-order valence-electron chi connectivity index (χ0n) is 15.6. The summed E-state index contributed by atoms with van der Waals surface area (Å²) in [5.41, 5.74) is 0.727. The second kappa shape index (κ2) is 13.9. The van der Waals surface area contributed by atoms with E-state index in [4.69, 9.17) is 8.85 Å². The van der Waals surface area contributed by atoms with Crippen LogP contribution in [0.2, 0.25) is 11.6 Å². The third-order valence-corrected chi connectivity index (χ3v) is 10.2. The summed E-state index contributed by atoms with van der Waals surface area (Å²) in [7, 11) is -2.03. The van der Waals surface area contributed by atoms with Gasteiger partial charge in [-0.15, -0.1) is 0 Å². The van der Waals surface area contributed by atoms with Gasteiger partial charge in [0.2, 0.25) is 0 Å². The minimum absolute atomic E-state index is 0.727. The predicted molar refractivity (Wildman–Crippen MR) is 107 cm³/mol. The molecule has 4 heteroatoms. The Morgan fingerprint density at radius 1 is 0.783 bits per heavy atom. The molecule has 0 heterocycles. The summed E-state index contributed by atoms with van der Waals surface area (Å²) in [6.45, 7) is 5.96. The monoisotopic (exact) mass is 406 g/mol. The van der Waals surface area contributed by atoms with Crippen molar-refractivity contribution in [1.29, 1.82) is 0 Å². The Bertz CT molecular complexity index is 262. The van der Waals surface area contributed by atoms with Crippen molar-refractivity contribution in [2.75, 3.05) is 18.5 Å². The normalized spacial score (nSPS) is 17.9. The number of unbranched alkanes of at least 4 members (excludes halogenated alkanes) is 4. The van der Waals surface area contributed by atoms with Gasteiger partial charge < -0.3 is 8.85 Å². The molecule has 1 rings (SSSR count). The summed E-state index contributed by atoms with van der Waals surface area (Å²) >= 11 is 3.52. The topological polar surface area (TPSA) is 18.5 Å². The Labute approximate surface area is 154 Å². The second-order valence-corrected chi connectivity index (χ2v) is 11.2. The second-order valence-electron chi connectivity index (χ2n) is 6.93. The Hall–Kier alpha value is 0.617. The third-order valence-electron chi connectivity index (χ3n) is 5.16. The number of alkyl halides is 1. The van der Waals surface area contributed by atoms with Gasteiger partial charge in [-0.2, -0.15) is 0 Å². The van der Waals surface area contributed by atoms with Crippen LogP contribution in [0, 0.1) is 0 Å². The van der Waals surface area contributed by atoms with Crippen molar-refractivity contribution in [2.45, 2.75) is 102 Å². The maximum atomic E-state index is 6.44. The molecular formula is C19H39BrO2Si. The molecule has 138 valence electrons. The van der Waals surface area contributed by atoms with Crippen molar-refractivity contribution >= 4 is 24.5 Å². The molecule has 0 spiro atoms. The number of rotatable bonds is 12. The average Bonchev–Trinajstić information content (AvgIpc) is 2.50. The van der Waals surface area contributed by atoms with Crippen LogP contribution < -0.4 is 0 Å². The van der Waals surface area contributed by atoms with Crippen LogP contribution in [-0.2, 0) is 8.85 Å². The fourth-order valence-electron chi connectivity index (χ4n) is 4.01. The molecule has 0 bridgehead atoms. The van der Waals surface area contributed by atoms with Gasteiger partial charge in [0, 0.05) is 24.1 Å². The van der Waals surface area contributed by atoms with Crippen molar-refractivity contribution in [1.82, 2.24) is 0 Å².